The van der Waals surface area contributed by atoms with Crippen molar-refractivity contribution < 1.29 is 4.74 Å². The van der Waals surface area contributed by atoms with Gasteiger partial charge in [-0.15, -0.1) is 0 Å². The van der Waals surface area contributed by atoms with Gasteiger partial charge >= 0.3 is 0 Å². The van der Waals surface area contributed by atoms with E-state index in [0.717, 1.165) is 59.7 Å². The normalized spacial score (nSPS) is 14.5. The average Bonchev–Trinajstić information content (AvgIpc) is 2.63. The number of aromatic nitrogens is 3. The summed E-state index contributed by atoms with van der Waals surface area (Å²) in [6, 6.07) is 6.26. The van der Waals surface area contributed by atoms with Crippen LogP contribution in [0.5, 0.6) is 5.75 Å². The molecule has 0 N–H and O–H groups in total. The topological polar surface area (TPSA) is 51.1 Å². The van der Waals surface area contributed by atoms with Crippen molar-refractivity contribution in [3.63, 3.8) is 0 Å². The van der Waals surface area contributed by atoms with Crippen LogP contribution in [0.15, 0.2) is 30.6 Å². The van der Waals surface area contributed by atoms with Gasteiger partial charge in [-0.1, -0.05) is 0 Å². The largest absolute Gasteiger partial charge is 0.496 e. The molecule has 5 nitrogen and oxygen atoms in total. The maximum Gasteiger partial charge on any atom is 0.159 e. The molecule has 0 aromatic carbocycles. The second kappa shape index (κ2) is 6.41. The highest BCUT2D eigenvalue weighted by Crippen LogP contribution is 2.27. The number of nitrogens with zero attached hydrogens (tertiary/aromatic N) is 4. The molecule has 1 aliphatic heterocycles. The summed E-state index contributed by atoms with van der Waals surface area (Å²) in [6.07, 6.45) is 4.65. The van der Waals surface area contributed by atoms with E-state index < -0.39 is 0 Å². The summed E-state index contributed by atoms with van der Waals surface area (Å²) in [5.74, 6) is 0.946. The first-order valence-electron chi connectivity index (χ1n) is 8.60. The van der Waals surface area contributed by atoms with Crippen molar-refractivity contribution in [2.45, 2.75) is 33.4 Å². The summed E-state index contributed by atoms with van der Waals surface area (Å²) < 4.78 is 5.53. The van der Waals surface area contributed by atoms with Crippen LogP contribution in [0.2, 0.25) is 0 Å². The van der Waals surface area contributed by atoms with Crippen LogP contribution in [0.25, 0.3) is 11.0 Å². The van der Waals surface area contributed by atoms with Crippen molar-refractivity contribution in [2.75, 3.05) is 13.7 Å². The lowest BCUT2D eigenvalue weighted by Crippen LogP contribution is -2.31. The molecule has 5 heteroatoms. The molecular formula is C20H22N4O. The Morgan fingerprint density at radius 3 is 2.96 bits per heavy atom. The Morgan fingerprint density at radius 2 is 2.12 bits per heavy atom. The van der Waals surface area contributed by atoms with E-state index in [4.69, 9.17) is 9.72 Å². The molecular weight excluding hydrogens is 312 g/mol. The van der Waals surface area contributed by atoms with Gasteiger partial charge in [0.1, 0.15) is 5.75 Å². The first kappa shape index (κ1) is 16.0. The van der Waals surface area contributed by atoms with Gasteiger partial charge in [0.2, 0.25) is 0 Å². The van der Waals surface area contributed by atoms with E-state index in [0.29, 0.717) is 0 Å². The fraction of sp³-hybridized carbons (Fsp3) is 0.350. The molecule has 0 spiro atoms. The maximum atomic E-state index is 5.53. The van der Waals surface area contributed by atoms with Crippen LogP contribution in [0, 0.1) is 13.8 Å². The highest BCUT2D eigenvalue weighted by Gasteiger charge is 2.20. The highest BCUT2D eigenvalue weighted by atomic mass is 16.5. The van der Waals surface area contributed by atoms with Gasteiger partial charge in [-0.2, -0.15) is 0 Å². The summed E-state index contributed by atoms with van der Waals surface area (Å²) in [5, 5.41) is 1.11. The molecule has 3 aromatic rings. The monoisotopic (exact) mass is 334 g/mol. The van der Waals surface area contributed by atoms with Crippen molar-refractivity contribution in [1.82, 2.24) is 19.9 Å². The van der Waals surface area contributed by atoms with Gasteiger partial charge < -0.3 is 4.74 Å². The van der Waals surface area contributed by atoms with Crippen LogP contribution in [0.1, 0.15) is 28.1 Å². The molecule has 0 amide bonds. The zero-order valence-corrected chi connectivity index (χ0v) is 14.9. The molecule has 0 saturated carbocycles. The number of rotatable bonds is 3. The third kappa shape index (κ3) is 2.96. The average molecular weight is 334 g/mol. The summed E-state index contributed by atoms with van der Waals surface area (Å²) in [5.41, 5.74) is 6.61. The van der Waals surface area contributed by atoms with Gasteiger partial charge in [0.25, 0.3) is 0 Å². The van der Waals surface area contributed by atoms with Gasteiger partial charge in [-0.3, -0.25) is 9.88 Å². The number of pyridine rings is 3. The molecule has 3 aromatic heterocycles. The molecule has 4 heterocycles. The lowest BCUT2D eigenvalue weighted by atomic mass is 10.0. The molecule has 0 radical (unpaired) electrons. The van der Waals surface area contributed by atoms with Crippen LogP contribution < -0.4 is 4.74 Å². The van der Waals surface area contributed by atoms with Crippen molar-refractivity contribution >= 4 is 11.0 Å². The van der Waals surface area contributed by atoms with Gasteiger partial charge in [0, 0.05) is 60.7 Å². The fourth-order valence-electron chi connectivity index (χ4n) is 3.60. The molecule has 0 aliphatic carbocycles. The Bertz CT molecular complexity index is 938. The molecule has 4 rings (SSSR count). The summed E-state index contributed by atoms with van der Waals surface area (Å²) in [7, 11) is 1.72. The van der Waals surface area contributed by atoms with Gasteiger partial charge in [-0.25, -0.2) is 9.97 Å². The Hall–Kier alpha value is -2.53. The second-order valence-corrected chi connectivity index (χ2v) is 6.65. The van der Waals surface area contributed by atoms with E-state index in [-0.39, 0.29) is 0 Å². The van der Waals surface area contributed by atoms with Gasteiger partial charge in [0.05, 0.1) is 12.8 Å². The van der Waals surface area contributed by atoms with Crippen molar-refractivity contribution in [1.29, 1.82) is 0 Å². The molecule has 1 aliphatic rings. The molecule has 0 unspecified atom stereocenters. The Kier molecular flexibility index (Phi) is 4.09. The predicted octanol–water partition coefficient (Wildman–Crippen LogP) is 3.21. The molecule has 25 heavy (non-hydrogen) atoms. The number of hydrogen-bond donors (Lipinski definition) is 0. The molecule has 0 fully saturated rings. The Labute approximate surface area is 147 Å². The highest BCUT2D eigenvalue weighted by molar-refractivity contribution is 5.75. The molecule has 0 bridgehead atoms. The maximum absolute atomic E-state index is 5.53. The molecule has 0 saturated heterocycles. The van der Waals surface area contributed by atoms with E-state index >= 15 is 0 Å². The standard InChI is InChI=1S/C20H22N4O/c1-13-10-22-18(14(2)19(13)25-3)12-24-8-6-17-16(11-24)9-15-5-4-7-21-20(15)23-17/h4-5,7,9-10H,6,8,11-12H2,1-3H3. The minimum Gasteiger partial charge on any atom is -0.496 e. The Balaban J connectivity index is 1.60. The van der Waals surface area contributed by atoms with E-state index in [2.05, 4.69) is 33.9 Å². The molecule has 128 valence electrons. The minimum atomic E-state index is 0.826. The van der Waals surface area contributed by atoms with Crippen molar-refractivity contribution in [3.05, 3.63) is 58.7 Å². The third-order valence-electron chi connectivity index (χ3n) is 4.94. The van der Waals surface area contributed by atoms with Gasteiger partial charge in [0.15, 0.2) is 5.65 Å². The lowest BCUT2D eigenvalue weighted by Gasteiger charge is -2.28. The van der Waals surface area contributed by atoms with Crippen LogP contribution >= 0.6 is 0 Å². The van der Waals surface area contributed by atoms with Crippen LogP contribution in [0.3, 0.4) is 0 Å². The summed E-state index contributed by atoms with van der Waals surface area (Å²) >= 11 is 0. The zero-order valence-electron chi connectivity index (χ0n) is 14.9. The lowest BCUT2D eigenvalue weighted by molar-refractivity contribution is 0.240. The quantitative estimate of drug-likeness (QED) is 0.736. The van der Waals surface area contributed by atoms with Crippen LogP contribution in [0.4, 0.5) is 0 Å². The third-order valence-corrected chi connectivity index (χ3v) is 4.94. The number of methoxy groups -OCH3 is 1. The predicted molar refractivity (Wildman–Crippen MR) is 97.6 cm³/mol. The van der Waals surface area contributed by atoms with E-state index in [9.17, 15) is 0 Å². The number of aryl methyl sites for hydroxylation is 1. The number of fused-ring (bicyclic) bond motifs is 2. The fourth-order valence-corrected chi connectivity index (χ4v) is 3.60. The minimum absolute atomic E-state index is 0.826. The smallest absolute Gasteiger partial charge is 0.159 e. The van der Waals surface area contributed by atoms with Crippen molar-refractivity contribution in [3.8, 4) is 5.75 Å². The summed E-state index contributed by atoms with van der Waals surface area (Å²) in [4.78, 5) is 16.2. The first-order valence-corrected chi connectivity index (χ1v) is 8.60. The first-order chi connectivity index (χ1) is 12.2. The second-order valence-electron chi connectivity index (χ2n) is 6.65. The SMILES string of the molecule is COc1c(C)cnc(CN2CCc3nc4ncccc4cc3C2)c1C. The van der Waals surface area contributed by atoms with Crippen LogP contribution in [-0.4, -0.2) is 33.5 Å². The van der Waals surface area contributed by atoms with Crippen LogP contribution in [-0.2, 0) is 19.5 Å². The van der Waals surface area contributed by atoms with E-state index in [1.54, 1.807) is 13.3 Å². The molecule has 0 atom stereocenters. The number of ether oxygens (including phenoxy) is 1. The number of hydrogen-bond acceptors (Lipinski definition) is 5. The van der Waals surface area contributed by atoms with E-state index in [1.807, 2.05) is 19.2 Å². The summed E-state index contributed by atoms with van der Waals surface area (Å²) in [6.45, 7) is 6.82. The zero-order chi connectivity index (χ0) is 17.4. The Morgan fingerprint density at radius 1 is 1.24 bits per heavy atom. The van der Waals surface area contributed by atoms with Gasteiger partial charge in [-0.05, 0) is 37.6 Å². The van der Waals surface area contributed by atoms with E-state index in [1.165, 1.54) is 11.3 Å². The van der Waals surface area contributed by atoms with Crippen molar-refractivity contribution in [2.24, 2.45) is 0 Å².